The molecule has 2 aliphatic heterocycles. The third kappa shape index (κ3) is 4.43. The molecule has 0 aliphatic carbocycles. The number of rotatable bonds is 5. The number of aryl methyl sites for hydroxylation is 1. The van der Waals surface area contributed by atoms with Crippen molar-refractivity contribution in [2.24, 2.45) is 0 Å². The standard InChI is InChI=1S/C23H24N4O6S/c1-15-24-22(33-25-15)16-8-10-27(11-9-16)23(28)18-4-2-3-5-19(18)26-34(29,30)17-6-7-20-21(14-17)32-13-12-31-20/h2-7,14,16,26H,8-13H2,1H3. The zero-order valence-electron chi connectivity index (χ0n) is 18.6. The van der Waals surface area contributed by atoms with Gasteiger partial charge in [-0.3, -0.25) is 9.52 Å². The Morgan fingerprint density at radius 2 is 1.79 bits per heavy atom. The van der Waals surface area contributed by atoms with Crippen molar-refractivity contribution in [3.63, 3.8) is 0 Å². The number of amides is 1. The number of carbonyl (C=O) groups excluding carboxylic acids is 1. The second-order valence-corrected chi connectivity index (χ2v) is 9.89. The lowest BCUT2D eigenvalue weighted by Gasteiger charge is -2.31. The van der Waals surface area contributed by atoms with Crippen LogP contribution in [0.3, 0.4) is 0 Å². The average molecular weight is 485 g/mol. The van der Waals surface area contributed by atoms with Crippen LogP contribution >= 0.6 is 0 Å². The van der Waals surface area contributed by atoms with Gasteiger partial charge in [-0.05, 0) is 44.0 Å². The van der Waals surface area contributed by atoms with Crippen LogP contribution in [-0.4, -0.2) is 55.7 Å². The number of benzene rings is 2. The molecule has 0 spiro atoms. The number of hydrogen-bond acceptors (Lipinski definition) is 8. The molecule has 5 rings (SSSR count). The highest BCUT2D eigenvalue weighted by Gasteiger charge is 2.29. The maximum absolute atomic E-state index is 13.3. The van der Waals surface area contributed by atoms with E-state index in [1.807, 2.05) is 0 Å². The van der Waals surface area contributed by atoms with Crippen molar-refractivity contribution in [2.45, 2.75) is 30.6 Å². The van der Waals surface area contributed by atoms with Gasteiger partial charge in [0.05, 0.1) is 16.1 Å². The molecule has 0 unspecified atom stereocenters. The van der Waals surface area contributed by atoms with Crippen LogP contribution in [0.2, 0.25) is 0 Å². The van der Waals surface area contributed by atoms with Crippen molar-refractivity contribution in [3.05, 3.63) is 59.7 Å². The number of piperidine rings is 1. The lowest BCUT2D eigenvalue weighted by Crippen LogP contribution is -2.38. The molecular formula is C23H24N4O6S. The summed E-state index contributed by atoms with van der Waals surface area (Å²) in [4.78, 5) is 19.3. The van der Waals surface area contributed by atoms with Gasteiger partial charge in [0.25, 0.3) is 15.9 Å². The molecule has 0 radical (unpaired) electrons. The fourth-order valence-electron chi connectivity index (χ4n) is 4.13. The zero-order valence-corrected chi connectivity index (χ0v) is 19.4. The Labute approximate surface area is 196 Å². The van der Waals surface area contributed by atoms with E-state index in [2.05, 4.69) is 14.9 Å². The predicted octanol–water partition coefficient (Wildman–Crippen LogP) is 2.97. The van der Waals surface area contributed by atoms with Crippen LogP contribution in [0.4, 0.5) is 5.69 Å². The van der Waals surface area contributed by atoms with Crippen molar-refractivity contribution in [1.82, 2.24) is 15.0 Å². The van der Waals surface area contributed by atoms with Crippen LogP contribution in [0, 0.1) is 6.92 Å². The summed E-state index contributed by atoms with van der Waals surface area (Å²) in [7, 11) is -3.96. The maximum atomic E-state index is 13.3. The van der Waals surface area contributed by atoms with Crippen LogP contribution in [0.25, 0.3) is 0 Å². The highest BCUT2D eigenvalue weighted by atomic mass is 32.2. The first-order valence-corrected chi connectivity index (χ1v) is 12.5. The largest absolute Gasteiger partial charge is 0.486 e. The Hall–Kier alpha value is -3.60. The van der Waals surface area contributed by atoms with E-state index < -0.39 is 10.0 Å². The number of sulfonamides is 1. The lowest BCUT2D eigenvalue weighted by molar-refractivity contribution is 0.0705. The summed E-state index contributed by atoms with van der Waals surface area (Å²) in [6.45, 7) is 3.56. The number of likely N-dealkylation sites (tertiary alicyclic amines) is 1. The van der Waals surface area contributed by atoms with E-state index >= 15 is 0 Å². The minimum Gasteiger partial charge on any atom is -0.486 e. The van der Waals surface area contributed by atoms with Crippen LogP contribution in [0.1, 0.15) is 40.8 Å². The SMILES string of the molecule is Cc1noc(C2CCN(C(=O)c3ccccc3NS(=O)(=O)c3ccc4c(c3)OCCO4)CC2)n1. The molecule has 0 saturated carbocycles. The molecule has 1 amide bonds. The van der Waals surface area contributed by atoms with Gasteiger partial charge in [-0.15, -0.1) is 0 Å². The number of hydrogen-bond donors (Lipinski definition) is 1. The van der Waals surface area contributed by atoms with Gasteiger partial charge < -0.3 is 18.9 Å². The summed E-state index contributed by atoms with van der Waals surface area (Å²) >= 11 is 0. The molecule has 1 fully saturated rings. The molecule has 2 aliphatic rings. The maximum Gasteiger partial charge on any atom is 0.262 e. The third-order valence-electron chi connectivity index (χ3n) is 5.90. The topological polar surface area (TPSA) is 124 Å². The zero-order chi connectivity index (χ0) is 23.7. The van der Waals surface area contributed by atoms with Crippen LogP contribution in [0.5, 0.6) is 11.5 Å². The van der Waals surface area contributed by atoms with E-state index in [0.29, 0.717) is 62.4 Å². The van der Waals surface area contributed by atoms with Gasteiger partial charge in [0, 0.05) is 25.1 Å². The first-order chi connectivity index (χ1) is 16.4. The number of para-hydroxylation sites is 1. The van der Waals surface area contributed by atoms with Crippen molar-refractivity contribution in [2.75, 3.05) is 31.0 Å². The molecule has 1 N–H and O–H groups in total. The Bertz CT molecular complexity index is 1310. The number of carbonyl (C=O) groups is 1. The fraction of sp³-hybridized carbons (Fsp3) is 0.348. The Morgan fingerprint density at radius 1 is 1.06 bits per heavy atom. The van der Waals surface area contributed by atoms with E-state index in [1.54, 1.807) is 42.2 Å². The average Bonchev–Trinajstić information content (AvgIpc) is 3.30. The van der Waals surface area contributed by atoms with Crippen LogP contribution < -0.4 is 14.2 Å². The van der Waals surface area contributed by atoms with Crippen molar-refractivity contribution >= 4 is 21.6 Å². The summed E-state index contributed by atoms with van der Waals surface area (Å²) < 4.78 is 45.0. The molecule has 0 bridgehead atoms. The molecule has 1 saturated heterocycles. The molecule has 1 aromatic heterocycles. The minimum atomic E-state index is -3.96. The van der Waals surface area contributed by atoms with Gasteiger partial charge in [0.2, 0.25) is 5.89 Å². The molecule has 34 heavy (non-hydrogen) atoms. The van der Waals surface area contributed by atoms with Crippen molar-refractivity contribution < 1.29 is 27.2 Å². The van der Waals surface area contributed by atoms with E-state index in [-0.39, 0.29) is 28.0 Å². The normalized spacial score (nSPS) is 16.3. The highest BCUT2D eigenvalue weighted by molar-refractivity contribution is 7.92. The number of nitrogens with one attached hydrogen (secondary N) is 1. The number of anilines is 1. The molecule has 10 nitrogen and oxygen atoms in total. The van der Waals surface area contributed by atoms with E-state index in [0.717, 1.165) is 0 Å². The van der Waals surface area contributed by atoms with E-state index in [9.17, 15) is 13.2 Å². The second kappa shape index (κ2) is 8.98. The third-order valence-corrected chi connectivity index (χ3v) is 7.26. The van der Waals surface area contributed by atoms with Crippen LogP contribution in [-0.2, 0) is 10.0 Å². The molecule has 3 heterocycles. The predicted molar refractivity (Wildman–Crippen MR) is 122 cm³/mol. The minimum absolute atomic E-state index is 0.0228. The molecular weight excluding hydrogens is 460 g/mol. The summed E-state index contributed by atoms with van der Waals surface area (Å²) in [5.41, 5.74) is 0.507. The van der Waals surface area contributed by atoms with Crippen LogP contribution in [0.15, 0.2) is 51.9 Å². The molecule has 178 valence electrons. The first kappa shape index (κ1) is 22.2. The smallest absolute Gasteiger partial charge is 0.262 e. The van der Waals surface area contributed by atoms with Crippen molar-refractivity contribution in [1.29, 1.82) is 0 Å². The summed E-state index contributed by atoms with van der Waals surface area (Å²) in [5.74, 6) is 1.93. The number of ether oxygens (including phenoxy) is 2. The highest BCUT2D eigenvalue weighted by Crippen LogP contribution is 2.33. The van der Waals surface area contributed by atoms with Gasteiger partial charge in [-0.2, -0.15) is 4.98 Å². The Kier molecular flexibility index (Phi) is 5.86. The molecule has 2 aromatic carbocycles. The van der Waals surface area contributed by atoms with E-state index in [1.165, 1.54) is 12.1 Å². The monoisotopic (exact) mass is 484 g/mol. The molecule has 11 heteroatoms. The first-order valence-electron chi connectivity index (χ1n) is 11.0. The van der Waals surface area contributed by atoms with E-state index in [4.69, 9.17) is 14.0 Å². The Morgan fingerprint density at radius 3 is 2.53 bits per heavy atom. The number of nitrogens with zero attached hydrogens (tertiary/aromatic N) is 3. The number of fused-ring (bicyclic) bond motifs is 1. The van der Waals surface area contributed by atoms with Gasteiger partial charge in [0.1, 0.15) is 13.2 Å². The summed E-state index contributed by atoms with van der Waals surface area (Å²) in [6.07, 6.45) is 1.39. The van der Waals surface area contributed by atoms with Gasteiger partial charge >= 0.3 is 0 Å². The molecule has 3 aromatic rings. The van der Waals surface area contributed by atoms with Crippen molar-refractivity contribution in [3.8, 4) is 11.5 Å². The summed E-state index contributed by atoms with van der Waals surface area (Å²) in [5, 5.41) is 3.84. The lowest BCUT2D eigenvalue weighted by atomic mass is 9.96. The molecule has 0 atom stereocenters. The second-order valence-electron chi connectivity index (χ2n) is 8.20. The van der Waals surface area contributed by atoms with Gasteiger partial charge in [-0.1, -0.05) is 17.3 Å². The number of aromatic nitrogens is 2. The van der Waals surface area contributed by atoms with Gasteiger partial charge in [0.15, 0.2) is 17.3 Å². The Balaban J connectivity index is 1.32. The fourth-order valence-corrected chi connectivity index (χ4v) is 5.23. The quantitative estimate of drug-likeness (QED) is 0.586. The summed E-state index contributed by atoms with van der Waals surface area (Å²) in [6, 6.07) is 11.0. The van der Waals surface area contributed by atoms with Gasteiger partial charge in [-0.25, -0.2) is 8.42 Å².